The van der Waals surface area contributed by atoms with Crippen LogP contribution in [0.25, 0.3) is 0 Å². The molecule has 0 spiro atoms. The first kappa shape index (κ1) is 17.4. The topological polar surface area (TPSA) is 52.0 Å². The van der Waals surface area contributed by atoms with Crippen LogP contribution in [0.5, 0.6) is 0 Å². The van der Waals surface area contributed by atoms with Crippen molar-refractivity contribution < 1.29 is 17.9 Å². The minimum Gasteiger partial charge on any atom is -0.372 e. The lowest BCUT2D eigenvalue weighted by Gasteiger charge is -2.19. The van der Waals surface area contributed by atoms with Gasteiger partial charge >= 0.3 is 6.18 Å². The molecule has 0 fully saturated rings. The molecule has 0 aliphatic carbocycles. The average Bonchev–Trinajstić information content (AvgIpc) is 2.68. The predicted octanol–water partition coefficient (Wildman–Crippen LogP) is 2.59. The van der Waals surface area contributed by atoms with Crippen LogP contribution in [-0.4, -0.2) is 40.9 Å². The molecule has 116 valence electrons. The standard InChI is InChI=1S/C11H18BrF3N4O/c1-3-5-16-8(4-6-20-7-11(13,14)15)9-10(12)17-18-19(9)2/h8,16H,3-7H2,1-2H3. The van der Waals surface area contributed by atoms with Crippen LogP contribution in [0.3, 0.4) is 0 Å². The normalized spacial score (nSPS) is 13.7. The maximum Gasteiger partial charge on any atom is 0.411 e. The van der Waals surface area contributed by atoms with E-state index in [1.165, 1.54) is 0 Å². The maximum absolute atomic E-state index is 12.0. The molecule has 0 radical (unpaired) electrons. The van der Waals surface area contributed by atoms with Crippen LogP contribution in [0.4, 0.5) is 13.2 Å². The van der Waals surface area contributed by atoms with E-state index in [-0.39, 0.29) is 12.6 Å². The van der Waals surface area contributed by atoms with Gasteiger partial charge in [0.25, 0.3) is 0 Å². The molecule has 5 nitrogen and oxygen atoms in total. The summed E-state index contributed by atoms with van der Waals surface area (Å²) in [5.74, 6) is 0. The summed E-state index contributed by atoms with van der Waals surface area (Å²) in [4.78, 5) is 0. The van der Waals surface area contributed by atoms with Gasteiger partial charge in [0.15, 0.2) is 4.60 Å². The van der Waals surface area contributed by atoms with Crippen molar-refractivity contribution >= 4 is 15.9 Å². The number of halogens is 4. The lowest BCUT2D eigenvalue weighted by Crippen LogP contribution is -2.27. The van der Waals surface area contributed by atoms with Crippen LogP contribution in [0.1, 0.15) is 31.5 Å². The van der Waals surface area contributed by atoms with Crippen molar-refractivity contribution in [2.75, 3.05) is 19.8 Å². The Morgan fingerprint density at radius 2 is 2.15 bits per heavy atom. The number of nitrogens with zero attached hydrogens (tertiary/aromatic N) is 3. The summed E-state index contributed by atoms with van der Waals surface area (Å²) in [5.41, 5.74) is 0.800. The van der Waals surface area contributed by atoms with Gasteiger partial charge in [0.1, 0.15) is 6.61 Å². The van der Waals surface area contributed by atoms with E-state index >= 15 is 0 Å². The van der Waals surface area contributed by atoms with Gasteiger partial charge in [-0.3, -0.25) is 0 Å². The number of alkyl halides is 3. The summed E-state index contributed by atoms with van der Waals surface area (Å²) < 4.78 is 42.9. The Bertz CT molecular complexity index is 391. The number of rotatable bonds is 8. The number of hydrogen-bond donors (Lipinski definition) is 1. The maximum atomic E-state index is 12.0. The van der Waals surface area contributed by atoms with Gasteiger partial charge in [-0.05, 0) is 35.3 Å². The van der Waals surface area contributed by atoms with E-state index in [2.05, 4.69) is 36.3 Å². The fourth-order valence-electron chi connectivity index (χ4n) is 1.75. The van der Waals surface area contributed by atoms with Crippen molar-refractivity contribution in [3.05, 3.63) is 10.3 Å². The monoisotopic (exact) mass is 358 g/mol. The molecule has 0 saturated carbocycles. The van der Waals surface area contributed by atoms with Gasteiger partial charge in [-0.2, -0.15) is 13.2 Å². The van der Waals surface area contributed by atoms with Crippen LogP contribution in [0.15, 0.2) is 4.60 Å². The predicted molar refractivity (Wildman–Crippen MR) is 71.2 cm³/mol. The third kappa shape index (κ3) is 5.76. The minimum absolute atomic E-state index is 0.0124. The fourth-order valence-corrected chi connectivity index (χ4v) is 2.36. The van der Waals surface area contributed by atoms with E-state index in [4.69, 9.17) is 0 Å². The smallest absolute Gasteiger partial charge is 0.372 e. The molecular weight excluding hydrogens is 341 g/mol. The number of nitrogens with one attached hydrogen (secondary N) is 1. The summed E-state index contributed by atoms with van der Waals surface area (Å²) in [6.45, 7) is 1.55. The van der Waals surface area contributed by atoms with Crippen molar-refractivity contribution in [1.82, 2.24) is 20.3 Å². The van der Waals surface area contributed by atoms with Crippen LogP contribution >= 0.6 is 15.9 Å². The Balaban J connectivity index is 2.57. The zero-order valence-electron chi connectivity index (χ0n) is 11.4. The Labute approximate surface area is 124 Å². The van der Waals surface area contributed by atoms with Crippen LogP contribution in [0, 0.1) is 0 Å². The summed E-state index contributed by atoms with van der Waals surface area (Å²) in [6, 6.07) is -0.155. The third-order valence-electron chi connectivity index (χ3n) is 2.61. The van der Waals surface area contributed by atoms with E-state index < -0.39 is 12.8 Å². The SMILES string of the molecule is CCCNC(CCOCC(F)(F)F)c1c(Br)nnn1C. The highest BCUT2D eigenvalue weighted by atomic mass is 79.9. The molecule has 1 aromatic heterocycles. The van der Waals surface area contributed by atoms with E-state index in [9.17, 15) is 13.2 Å². The highest BCUT2D eigenvalue weighted by Crippen LogP contribution is 2.23. The Morgan fingerprint density at radius 3 is 2.65 bits per heavy atom. The molecule has 1 heterocycles. The first-order chi connectivity index (χ1) is 9.35. The largest absolute Gasteiger partial charge is 0.411 e. The molecule has 9 heteroatoms. The first-order valence-corrected chi connectivity index (χ1v) is 7.07. The van der Waals surface area contributed by atoms with Crippen molar-refractivity contribution in [3.63, 3.8) is 0 Å². The highest BCUT2D eigenvalue weighted by Gasteiger charge is 2.27. The average molecular weight is 359 g/mol. The summed E-state index contributed by atoms with van der Waals surface area (Å²) in [7, 11) is 1.74. The second-order valence-electron chi connectivity index (χ2n) is 4.35. The number of hydrogen-bond acceptors (Lipinski definition) is 4. The molecule has 1 aromatic rings. The first-order valence-electron chi connectivity index (χ1n) is 6.28. The molecule has 20 heavy (non-hydrogen) atoms. The summed E-state index contributed by atoms with van der Waals surface area (Å²) in [6.07, 6.45) is -2.96. The molecular formula is C11H18BrF3N4O. The second-order valence-corrected chi connectivity index (χ2v) is 5.10. The Morgan fingerprint density at radius 1 is 1.45 bits per heavy atom. The molecule has 0 bridgehead atoms. The number of ether oxygens (including phenoxy) is 1. The van der Waals surface area contributed by atoms with E-state index in [1.54, 1.807) is 11.7 Å². The van der Waals surface area contributed by atoms with Crippen LogP contribution in [-0.2, 0) is 11.8 Å². The second kappa shape index (κ2) is 7.94. The molecule has 0 aliphatic rings. The zero-order valence-corrected chi connectivity index (χ0v) is 13.0. The van der Waals surface area contributed by atoms with Crippen LogP contribution in [0.2, 0.25) is 0 Å². The minimum atomic E-state index is -4.29. The molecule has 0 saturated heterocycles. The molecule has 1 unspecified atom stereocenters. The van der Waals surface area contributed by atoms with E-state index in [0.717, 1.165) is 18.7 Å². The van der Waals surface area contributed by atoms with Gasteiger partial charge in [-0.25, -0.2) is 4.68 Å². The summed E-state index contributed by atoms with van der Waals surface area (Å²) in [5, 5.41) is 11.0. The van der Waals surface area contributed by atoms with Gasteiger partial charge in [0, 0.05) is 13.7 Å². The highest BCUT2D eigenvalue weighted by molar-refractivity contribution is 9.10. The van der Waals surface area contributed by atoms with Crippen molar-refractivity contribution in [2.24, 2.45) is 7.05 Å². The van der Waals surface area contributed by atoms with E-state index in [1.807, 2.05) is 6.92 Å². The van der Waals surface area contributed by atoms with Gasteiger partial charge in [-0.15, -0.1) is 5.10 Å². The van der Waals surface area contributed by atoms with Crippen molar-refractivity contribution in [1.29, 1.82) is 0 Å². The third-order valence-corrected chi connectivity index (χ3v) is 3.18. The van der Waals surface area contributed by atoms with E-state index in [0.29, 0.717) is 11.0 Å². The van der Waals surface area contributed by atoms with Crippen molar-refractivity contribution in [3.8, 4) is 0 Å². The Kier molecular flexibility index (Phi) is 6.90. The van der Waals surface area contributed by atoms with Gasteiger partial charge in [-0.1, -0.05) is 12.1 Å². The van der Waals surface area contributed by atoms with Gasteiger partial charge in [0.2, 0.25) is 0 Å². The molecule has 0 aliphatic heterocycles. The quantitative estimate of drug-likeness (QED) is 0.725. The number of aromatic nitrogens is 3. The fraction of sp³-hybridized carbons (Fsp3) is 0.818. The lowest BCUT2D eigenvalue weighted by atomic mass is 10.1. The molecule has 0 aromatic carbocycles. The Hall–Kier alpha value is -0.670. The molecule has 1 N–H and O–H groups in total. The molecule has 1 rings (SSSR count). The lowest BCUT2D eigenvalue weighted by molar-refractivity contribution is -0.174. The van der Waals surface area contributed by atoms with Crippen molar-refractivity contribution in [2.45, 2.75) is 32.0 Å². The molecule has 1 atom stereocenters. The van der Waals surface area contributed by atoms with Crippen LogP contribution < -0.4 is 5.32 Å². The number of aryl methyl sites for hydroxylation is 1. The molecule has 0 amide bonds. The summed E-state index contributed by atoms with van der Waals surface area (Å²) >= 11 is 3.30. The van der Waals surface area contributed by atoms with Gasteiger partial charge < -0.3 is 10.1 Å². The van der Waals surface area contributed by atoms with Gasteiger partial charge in [0.05, 0.1) is 11.7 Å². The zero-order chi connectivity index (χ0) is 15.2.